The fraction of sp³-hybridized carbons (Fsp3) is 0.524. The number of aromatic nitrogens is 1. The fourth-order valence-corrected chi connectivity index (χ4v) is 4.86. The number of benzene rings is 1. The van der Waals surface area contributed by atoms with Gasteiger partial charge in [0, 0.05) is 0 Å². The molecule has 1 aromatic heterocycles. The first kappa shape index (κ1) is 19.7. The number of carbonyl (C=O) groups is 1. The molecule has 0 saturated carbocycles. The third-order valence-corrected chi connectivity index (χ3v) is 6.28. The summed E-state index contributed by atoms with van der Waals surface area (Å²) >= 11 is 1.42. The lowest BCUT2D eigenvalue weighted by Crippen LogP contribution is -2.49. The Bertz CT molecular complexity index is 864. The van der Waals surface area contributed by atoms with Gasteiger partial charge in [0.2, 0.25) is 0 Å². The van der Waals surface area contributed by atoms with Gasteiger partial charge in [-0.15, -0.1) is 6.42 Å². The van der Waals surface area contributed by atoms with Crippen molar-refractivity contribution in [2.75, 3.05) is 11.4 Å². The quantitative estimate of drug-likeness (QED) is 0.719. The Kier molecular flexibility index (Phi) is 5.73. The van der Waals surface area contributed by atoms with E-state index >= 15 is 0 Å². The largest absolute Gasteiger partial charge is 0.371 e. The van der Waals surface area contributed by atoms with Crippen molar-refractivity contribution in [2.24, 2.45) is 0 Å². The van der Waals surface area contributed by atoms with Crippen molar-refractivity contribution < 1.29 is 9.90 Å². The maximum absolute atomic E-state index is 13.2. The van der Waals surface area contributed by atoms with Gasteiger partial charge < -0.3 is 10.0 Å². The number of hydrogen-bond donors (Lipinski definition) is 1. The lowest BCUT2D eigenvalue weighted by Gasteiger charge is -2.37. The van der Waals surface area contributed by atoms with Gasteiger partial charge in [0.25, 0.3) is 0 Å². The molecule has 1 aliphatic heterocycles. The topological polar surface area (TPSA) is 56.7 Å². The van der Waals surface area contributed by atoms with Gasteiger partial charge in [-0.05, 0) is 37.0 Å². The van der Waals surface area contributed by atoms with E-state index in [-0.39, 0.29) is 12.6 Å². The van der Waals surface area contributed by atoms with Crippen LogP contribution in [0.5, 0.6) is 0 Å². The third kappa shape index (κ3) is 3.42. The summed E-state index contributed by atoms with van der Waals surface area (Å²) in [6, 6.07) is 5.89. The van der Waals surface area contributed by atoms with Gasteiger partial charge in [0.1, 0.15) is 5.54 Å². The number of fused-ring (bicyclic) bond motifs is 1. The maximum Gasteiger partial charge on any atom is 0.329 e. The van der Waals surface area contributed by atoms with Crippen molar-refractivity contribution in [3.8, 4) is 12.3 Å². The zero-order chi connectivity index (χ0) is 19.6. The van der Waals surface area contributed by atoms with Crippen LogP contribution >= 0.6 is 11.3 Å². The number of aryl methyl sites for hydroxylation is 1. The standard InChI is InChI=1S/C21H27N3O2S/c1-5-11-21(8-4,12-6-2)23-14-18(25)24(20(23)26)19-22-16-13-15(7-3)9-10-17(16)27-19/h4,9-10,13,18,25H,5-7,11-12,14H2,1-3H3. The molecule has 1 unspecified atom stereocenters. The zero-order valence-electron chi connectivity index (χ0n) is 16.2. The minimum atomic E-state index is -0.940. The Hall–Kier alpha value is -2.10. The summed E-state index contributed by atoms with van der Waals surface area (Å²) in [5, 5.41) is 11.2. The predicted molar refractivity (Wildman–Crippen MR) is 111 cm³/mol. The molecule has 0 aliphatic carbocycles. The number of aliphatic hydroxyl groups excluding tert-OH is 1. The van der Waals surface area contributed by atoms with Gasteiger partial charge >= 0.3 is 6.03 Å². The Labute approximate surface area is 165 Å². The number of terminal acetylenes is 1. The lowest BCUT2D eigenvalue weighted by atomic mass is 9.88. The number of amides is 2. The Balaban J connectivity index is 1.96. The molecule has 2 heterocycles. The number of thiazole rings is 1. The van der Waals surface area contributed by atoms with E-state index in [4.69, 9.17) is 6.42 Å². The van der Waals surface area contributed by atoms with Crippen LogP contribution in [0.1, 0.15) is 52.0 Å². The number of hydrogen-bond acceptors (Lipinski definition) is 4. The summed E-state index contributed by atoms with van der Waals surface area (Å²) in [7, 11) is 0. The minimum absolute atomic E-state index is 0.208. The van der Waals surface area contributed by atoms with Gasteiger partial charge in [-0.2, -0.15) is 0 Å². The molecule has 1 N–H and O–H groups in total. The molecule has 1 aromatic carbocycles. The van der Waals surface area contributed by atoms with Crippen molar-refractivity contribution >= 4 is 32.7 Å². The average Bonchev–Trinajstić information content (AvgIpc) is 3.20. The Morgan fingerprint density at radius 3 is 2.63 bits per heavy atom. The lowest BCUT2D eigenvalue weighted by molar-refractivity contribution is 0.126. The summed E-state index contributed by atoms with van der Waals surface area (Å²) < 4.78 is 1.01. The van der Waals surface area contributed by atoms with Crippen molar-refractivity contribution in [2.45, 2.75) is 64.6 Å². The molecule has 2 aromatic rings. The van der Waals surface area contributed by atoms with Crippen LogP contribution in [0.4, 0.5) is 9.93 Å². The van der Waals surface area contributed by atoms with Gasteiger partial charge in [0.05, 0.1) is 16.8 Å². The molecule has 1 aliphatic rings. The molecule has 1 fully saturated rings. The number of anilines is 1. The number of carbonyl (C=O) groups excluding carboxylic acids is 1. The van der Waals surface area contributed by atoms with Crippen molar-refractivity contribution in [3.63, 3.8) is 0 Å². The highest BCUT2D eigenvalue weighted by Crippen LogP contribution is 2.37. The van der Waals surface area contributed by atoms with E-state index in [1.54, 1.807) is 4.90 Å². The molecule has 6 heteroatoms. The van der Waals surface area contributed by atoms with Crippen LogP contribution < -0.4 is 4.90 Å². The summed E-state index contributed by atoms with van der Waals surface area (Å²) in [5.41, 5.74) is 1.41. The number of urea groups is 1. The van der Waals surface area contributed by atoms with Crippen molar-refractivity contribution in [3.05, 3.63) is 23.8 Å². The number of β-amino-alcohol motifs (C(OH)–C–C–N with tert-alkyl or cyclic N) is 1. The zero-order valence-corrected chi connectivity index (χ0v) is 17.1. The van der Waals surface area contributed by atoms with Crippen molar-refractivity contribution in [1.82, 2.24) is 9.88 Å². The normalized spacial score (nSPS) is 17.7. The minimum Gasteiger partial charge on any atom is -0.371 e. The van der Waals surface area contributed by atoms with Crippen LogP contribution in [0, 0.1) is 12.3 Å². The van der Waals surface area contributed by atoms with E-state index in [1.807, 2.05) is 12.1 Å². The highest BCUT2D eigenvalue weighted by Gasteiger charge is 2.47. The smallest absolute Gasteiger partial charge is 0.329 e. The molecule has 2 amide bonds. The molecular formula is C21H27N3O2S. The Morgan fingerprint density at radius 1 is 1.33 bits per heavy atom. The summed E-state index contributed by atoms with van der Waals surface area (Å²) in [4.78, 5) is 20.9. The van der Waals surface area contributed by atoms with E-state index in [1.165, 1.54) is 21.8 Å². The van der Waals surface area contributed by atoms with Crippen LogP contribution in [-0.2, 0) is 6.42 Å². The molecule has 1 atom stereocenters. The molecule has 27 heavy (non-hydrogen) atoms. The molecule has 144 valence electrons. The second kappa shape index (κ2) is 7.87. The van der Waals surface area contributed by atoms with Crippen molar-refractivity contribution in [1.29, 1.82) is 0 Å². The highest BCUT2D eigenvalue weighted by atomic mass is 32.1. The third-order valence-electron chi connectivity index (χ3n) is 5.25. The van der Waals surface area contributed by atoms with E-state index in [0.717, 1.165) is 42.3 Å². The highest BCUT2D eigenvalue weighted by molar-refractivity contribution is 7.22. The monoisotopic (exact) mass is 385 g/mol. The molecule has 1 saturated heterocycles. The fourth-order valence-electron chi connectivity index (χ4n) is 3.88. The van der Waals surface area contributed by atoms with E-state index in [0.29, 0.717) is 5.13 Å². The summed E-state index contributed by atoms with van der Waals surface area (Å²) in [5.74, 6) is 2.87. The number of rotatable bonds is 7. The van der Waals surface area contributed by atoms with Gasteiger partial charge in [-0.25, -0.2) is 14.7 Å². The molecule has 3 rings (SSSR count). The molecule has 0 bridgehead atoms. The first-order valence-corrected chi connectivity index (χ1v) is 10.5. The molecule has 0 spiro atoms. The maximum atomic E-state index is 13.2. The van der Waals surface area contributed by atoms with Crippen LogP contribution in [0.25, 0.3) is 10.2 Å². The van der Waals surface area contributed by atoms with Crippen LogP contribution in [-0.4, -0.2) is 39.3 Å². The SMILES string of the molecule is C#CC(CCC)(CCC)N1CC(O)N(c2nc3cc(CC)ccc3s2)C1=O. The molecule has 0 radical (unpaired) electrons. The second-order valence-electron chi connectivity index (χ2n) is 7.07. The van der Waals surface area contributed by atoms with Crippen LogP contribution in [0.3, 0.4) is 0 Å². The molecular weight excluding hydrogens is 358 g/mol. The molecule has 5 nitrogen and oxygen atoms in total. The van der Waals surface area contributed by atoms with Gasteiger partial charge in [-0.1, -0.05) is 56.9 Å². The first-order valence-electron chi connectivity index (χ1n) is 9.65. The Morgan fingerprint density at radius 2 is 2.04 bits per heavy atom. The van der Waals surface area contributed by atoms with E-state index in [9.17, 15) is 9.90 Å². The van der Waals surface area contributed by atoms with Gasteiger partial charge in [-0.3, -0.25) is 0 Å². The van der Waals surface area contributed by atoms with E-state index in [2.05, 4.69) is 37.7 Å². The van der Waals surface area contributed by atoms with Crippen LogP contribution in [0.2, 0.25) is 0 Å². The predicted octanol–water partition coefficient (Wildman–Crippen LogP) is 4.39. The number of aliphatic hydroxyl groups is 1. The van der Waals surface area contributed by atoms with Crippen LogP contribution in [0.15, 0.2) is 18.2 Å². The second-order valence-corrected chi connectivity index (χ2v) is 8.08. The number of nitrogens with zero attached hydrogens (tertiary/aromatic N) is 3. The summed E-state index contributed by atoms with van der Waals surface area (Å²) in [6.07, 6.45) is 9.09. The summed E-state index contributed by atoms with van der Waals surface area (Å²) in [6.45, 7) is 6.44. The van der Waals surface area contributed by atoms with Gasteiger partial charge in [0.15, 0.2) is 11.4 Å². The first-order chi connectivity index (χ1) is 13.0. The van der Waals surface area contributed by atoms with E-state index < -0.39 is 11.8 Å². The average molecular weight is 386 g/mol.